The molecule has 0 atom stereocenters. The van der Waals surface area contributed by atoms with Gasteiger partial charge < -0.3 is 20.0 Å². The van der Waals surface area contributed by atoms with E-state index in [-0.39, 0.29) is 11.3 Å². The number of likely N-dealkylation sites (tertiary alicyclic amines) is 1. The number of amides is 1. The third-order valence-electron chi connectivity index (χ3n) is 7.31. The monoisotopic (exact) mass is 471 g/mol. The Labute approximate surface area is 184 Å². The molecule has 1 saturated carbocycles. The zero-order chi connectivity index (χ0) is 20.7. The van der Waals surface area contributed by atoms with Crippen LogP contribution in [0.25, 0.3) is 11.0 Å². The van der Waals surface area contributed by atoms with Crippen molar-refractivity contribution < 1.29 is 9.21 Å². The smallest absolute Gasteiger partial charge is 0.226 e. The topological polar surface area (TPSA) is 94.2 Å². The number of nitriles is 1. The molecule has 0 aromatic carbocycles. The van der Waals surface area contributed by atoms with Gasteiger partial charge in [-0.05, 0) is 74.0 Å². The molecule has 2 aliphatic heterocycles. The first kappa shape index (κ1) is 19.8. The lowest BCUT2D eigenvalue weighted by Crippen LogP contribution is -2.49. The quantitative estimate of drug-likeness (QED) is 0.706. The summed E-state index contributed by atoms with van der Waals surface area (Å²) < 4.78 is 6.30. The number of hydrogen-bond acceptors (Lipinski definition) is 6. The van der Waals surface area contributed by atoms with Crippen molar-refractivity contribution in [2.24, 2.45) is 5.41 Å². The highest BCUT2D eigenvalue weighted by molar-refractivity contribution is 9.10. The van der Waals surface area contributed by atoms with Crippen LogP contribution >= 0.6 is 15.9 Å². The Balaban J connectivity index is 1.17. The van der Waals surface area contributed by atoms with Crippen LogP contribution in [-0.4, -0.2) is 47.5 Å². The molecular formula is C22H26BrN5O2. The summed E-state index contributed by atoms with van der Waals surface area (Å²) >= 11 is 3.62. The minimum absolute atomic E-state index is 0.0790. The van der Waals surface area contributed by atoms with Crippen molar-refractivity contribution in [2.75, 3.05) is 25.0 Å². The highest BCUT2D eigenvalue weighted by Crippen LogP contribution is 2.40. The number of rotatable bonds is 3. The Morgan fingerprint density at radius 2 is 2.03 bits per heavy atom. The summed E-state index contributed by atoms with van der Waals surface area (Å²) in [5.74, 6) is 1.39. The summed E-state index contributed by atoms with van der Waals surface area (Å²) in [6.45, 7) is 2.94. The molecule has 1 amide bonds. The van der Waals surface area contributed by atoms with Crippen molar-refractivity contribution in [3.8, 4) is 6.07 Å². The van der Waals surface area contributed by atoms with Gasteiger partial charge in [-0.1, -0.05) is 0 Å². The number of halogens is 1. The first-order chi connectivity index (χ1) is 14.6. The number of pyridine rings is 1. The van der Waals surface area contributed by atoms with Crippen molar-refractivity contribution in [2.45, 2.75) is 57.0 Å². The molecule has 3 fully saturated rings. The van der Waals surface area contributed by atoms with Crippen LogP contribution in [-0.2, 0) is 4.79 Å². The number of carbonyl (C=O) groups excluding carboxylic acids is 1. The van der Waals surface area contributed by atoms with Crippen molar-refractivity contribution >= 4 is 38.6 Å². The molecule has 4 heterocycles. The first-order valence-electron chi connectivity index (χ1n) is 10.8. The van der Waals surface area contributed by atoms with Gasteiger partial charge in [0.1, 0.15) is 11.9 Å². The lowest BCUT2D eigenvalue weighted by atomic mass is 9.76. The summed E-state index contributed by atoms with van der Waals surface area (Å²) in [7, 11) is 0. The maximum atomic E-state index is 12.2. The van der Waals surface area contributed by atoms with E-state index in [9.17, 15) is 4.79 Å². The standard InChI is InChI=1S/C22H26BrN5O2/c23-19-17-11-16(12-24)30-18(17)13-26-20(19)27-14-1-3-15(4-2-14)28-9-6-22(7-10-28)5-8-25-21(22)29/h11,13-15H,1-10H2,(H,25,29)(H,26,27). The summed E-state index contributed by atoms with van der Waals surface area (Å²) in [6.07, 6.45) is 9.24. The highest BCUT2D eigenvalue weighted by atomic mass is 79.9. The number of anilines is 1. The summed E-state index contributed by atoms with van der Waals surface area (Å²) in [5, 5.41) is 16.5. The first-order valence-corrected chi connectivity index (χ1v) is 11.6. The molecule has 2 saturated heterocycles. The summed E-state index contributed by atoms with van der Waals surface area (Å²) in [5.41, 5.74) is 0.538. The fourth-order valence-corrected chi connectivity index (χ4v) is 5.95. The second kappa shape index (κ2) is 7.86. The van der Waals surface area contributed by atoms with Gasteiger partial charge in [-0.15, -0.1) is 0 Å². The van der Waals surface area contributed by atoms with E-state index in [1.807, 2.05) is 6.07 Å². The molecule has 1 spiro atoms. The Kier molecular flexibility index (Phi) is 5.19. The minimum Gasteiger partial charge on any atom is -0.444 e. The van der Waals surface area contributed by atoms with Crippen LogP contribution < -0.4 is 10.6 Å². The maximum Gasteiger partial charge on any atom is 0.226 e. The average Bonchev–Trinajstić information content (AvgIpc) is 3.36. The number of nitrogens with zero attached hydrogens (tertiary/aromatic N) is 3. The third-order valence-corrected chi connectivity index (χ3v) is 8.11. The lowest BCUT2D eigenvalue weighted by molar-refractivity contribution is -0.130. The molecule has 8 heteroatoms. The van der Waals surface area contributed by atoms with Crippen LogP contribution in [0.1, 0.15) is 50.7 Å². The number of fused-ring (bicyclic) bond motifs is 1. The number of furan rings is 1. The number of carbonyl (C=O) groups is 1. The van der Waals surface area contributed by atoms with Crippen LogP contribution in [0.5, 0.6) is 0 Å². The molecule has 0 bridgehead atoms. The van der Waals surface area contributed by atoms with Gasteiger partial charge in [-0.25, -0.2) is 4.98 Å². The Bertz CT molecular complexity index is 997. The van der Waals surface area contributed by atoms with Crippen LogP contribution in [0.15, 0.2) is 21.2 Å². The van der Waals surface area contributed by atoms with Gasteiger partial charge in [0.25, 0.3) is 0 Å². The SMILES string of the molecule is N#Cc1cc2c(Br)c(NC3CCC(N4CCC5(CCNC5=O)CC4)CC3)ncc2o1. The van der Waals surface area contributed by atoms with Gasteiger partial charge in [-0.2, -0.15) is 5.26 Å². The fourth-order valence-electron chi connectivity index (χ4n) is 5.42. The van der Waals surface area contributed by atoms with Gasteiger partial charge in [0.2, 0.25) is 11.7 Å². The molecule has 2 N–H and O–H groups in total. The Morgan fingerprint density at radius 1 is 1.27 bits per heavy atom. The predicted octanol–water partition coefficient (Wildman–Crippen LogP) is 3.79. The summed E-state index contributed by atoms with van der Waals surface area (Å²) in [4.78, 5) is 19.3. The van der Waals surface area contributed by atoms with Crippen LogP contribution in [0, 0.1) is 16.7 Å². The molecule has 5 rings (SSSR count). The largest absolute Gasteiger partial charge is 0.444 e. The van der Waals surface area contributed by atoms with Gasteiger partial charge in [-0.3, -0.25) is 4.79 Å². The molecule has 7 nitrogen and oxygen atoms in total. The summed E-state index contributed by atoms with van der Waals surface area (Å²) in [6, 6.07) is 4.79. The van der Waals surface area contributed by atoms with Crippen molar-refractivity contribution in [3.05, 3.63) is 22.5 Å². The average molecular weight is 472 g/mol. The Hall–Kier alpha value is -2.11. The maximum absolute atomic E-state index is 12.2. The molecule has 0 unspecified atom stereocenters. The van der Waals surface area contributed by atoms with Gasteiger partial charge in [0, 0.05) is 30.1 Å². The van der Waals surface area contributed by atoms with E-state index in [4.69, 9.17) is 9.68 Å². The number of aromatic nitrogens is 1. The van der Waals surface area contributed by atoms with E-state index in [1.165, 1.54) is 12.8 Å². The second-order valence-electron chi connectivity index (χ2n) is 8.89. The van der Waals surface area contributed by atoms with E-state index in [2.05, 4.69) is 36.4 Å². The molecule has 2 aromatic rings. The molecule has 0 radical (unpaired) electrons. The molecule has 2 aromatic heterocycles. The Morgan fingerprint density at radius 3 is 2.70 bits per heavy atom. The van der Waals surface area contributed by atoms with Crippen LogP contribution in [0.4, 0.5) is 5.82 Å². The molecule has 3 aliphatic rings. The molecule has 158 valence electrons. The van der Waals surface area contributed by atoms with Crippen LogP contribution in [0.3, 0.4) is 0 Å². The third kappa shape index (κ3) is 3.48. The van der Waals surface area contributed by atoms with Gasteiger partial charge in [0.15, 0.2) is 5.58 Å². The normalized spacial score (nSPS) is 26.6. The van der Waals surface area contributed by atoms with Gasteiger partial charge in [0.05, 0.1) is 16.1 Å². The molecule has 1 aliphatic carbocycles. The van der Waals surface area contributed by atoms with Crippen molar-refractivity contribution in [3.63, 3.8) is 0 Å². The molecular weight excluding hydrogens is 446 g/mol. The van der Waals surface area contributed by atoms with E-state index >= 15 is 0 Å². The zero-order valence-corrected chi connectivity index (χ0v) is 18.5. The zero-order valence-electron chi connectivity index (χ0n) is 16.9. The second-order valence-corrected chi connectivity index (χ2v) is 9.69. The van der Waals surface area contributed by atoms with E-state index in [1.54, 1.807) is 12.3 Å². The molecule has 30 heavy (non-hydrogen) atoms. The highest BCUT2D eigenvalue weighted by Gasteiger charge is 2.45. The van der Waals surface area contributed by atoms with Crippen molar-refractivity contribution in [1.29, 1.82) is 5.26 Å². The fraction of sp³-hybridized carbons (Fsp3) is 0.591. The van der Waals surface area contributed by atoms with E-state index < -0.39 is 0 Å². The van der Waals surface area contributed by atoms with Crippen LogP contribution in [0.2, 0.25) is 0 Å². The number of piperidine rings is 1. The minimum atomic E-state index is -0.0790. The number of hydrogen-bond donors (Lipinski definition) is 2. The predicted molar refractivity (Wildman–Crippen MR) is 117 cm³/mol. The van der Waals surface area contributed by atoms with E-state index in [0.717, 1.165) is 67.4 Å². The lowest BCUT2D eigenvalue weighted by Gasteiger charge is -2.43. The van der Waals surface area contributed by atoms with E-state index in [0.29, 0.717) is 23.4 Å². The number of nitrogens with one attached hydrogen (secondary N) is 2. The van der Waals surface area contributed by atoms with Gasteiger partial charge >= 0.3 is 0 Å². The van der Waals surface area contributed by atoms with Crippen molar-refractivity contribution in [1.82, 2.24) is 15.2 Å².